The zero-order valence-corrected chi connectivity index (χ0v) is 17.8. The highest BCUT2D eigenvalue weighted by Crippen LogP contribution is 2.12. The summed E-state index contributed by atoms with van der Waals surface area (Å²) in [5.74, 6) is -0.770. The van der Waals surface area contributed by atoms with Crippen molar-refractivity contribution in [1.29, 1.82) is 0 Å². The van der Waals surface area contributed by atoms with Crippen LogP contribution in [0, 0.1) is 0 Å². The normalized spacial score (nSPS) is 11.5. The molecule has 0 radical (unpaired) electrons. The van der Waals surface area contributed by atoms with Crippen LogP contribution in [0.15, 0.2) is 60.7 Å². The van der Waals surface area contributed by atoms with Gasteiger partial charge in [-0.25, -0.2) is 4.79 Å². The van der Waals surface area contributed by atoms with Gasteiger partial charge in [0.2, 0.25) is 5.91 Å². The highest BCUT2D eigenvalue weighted by Gasteiger charge is 2.17. The number of hydrogen-bond acceptors (Lipinski definition) is 5. The zero-order valence-electron chi connectivity index (χ0n) is 17.8. The molecular formula is C24H28N2O5. The van der Waals surface area contributed by atoms with Crippen LogP contribution in [-0.4, -0.2) is 44.1 Å². The van der Waals surface area contributed by atoms with E-state index >= 15 is 0 Å². The topological polar surface area (TPSA) is 93.7 Å². The maximum absolute atomic E-state index is 12.0. The molecule has 0 aliphatic carbocycles. The minimum Gasteiger partial charge on any atom is -0.497 e. The minimum atomic E-state index is -0.876. The summed E-state index contributed by atoms with van der Waals surface area (Å²) in [7, 11) is 1.58. The molecule has 0 fully saturated rings. The second-order valence-electron chi connectivity index (χ2n) is 6.88. The predicted molar refractivity (Wildman–Crippen MR) is 118 cm³/mol. The van der Waals surface area contributed by atoms with Gasteiger partial charge in [0.05, 0.1) is 7.11 Å². The van der Waals surface area contributed by atoms with Gasteiger partial charge in [0, 0.05) is 12.6 Å². The first-order valence-electron chi connectivity index (χ1n) is 10.1. The molecule has 1 atom stereocenters. The lowest BCUT2D eigenvalue weighted by molar-refractivity contribution is -0.150. The van der Waals surface area contributed by atoms with E-state index < -0.39 is 17.9 Å². The summed E-state index contributed by atoms with van der Waals surface area (Å²) in [5.41, 5.74) is 2.02. The fraction of sp³-hybridized carbons (Fsp3) is 0.292. The number of methoxy groups -OCH3 is 1. The second kappa shape index (κ2) is 12.8. The van der Waals surface area contributed by atoms with Gasteiger partial charge in [-0.3, -0.25) is 9.59 Å². The standard InChI is InChI=1S/C24H28N2O5/c1-18(26-22(27)15-12-20-10-13-21(30-2)14-11-20)24(29)31-17-23(28)25-16-6-9-19-7-4-3-5-8-19/h3-5,7-8,10-15,18H,6,9,16-17H2,1-2H3,(H,25,28)(H,26,27)/t18-/m0/s1. The maximum Gasteiger partial charge on any atom is 0.328 e. The molecular weight excluding hydrogens is 396 g/mol. The van der Waals surface area contributed by atoms with Crippen LogP contribution in [0.2, 0.25) is 0 Å². The lowest BCUT2D eigenvalue weighted by atomic mass is 10.1. The Hall–Kier alpha value is -3.61. The third kappa shape index (κ3) is 9.16. The molecule has 2 aromatic rings. The van der Waals surface area contributed by atoms with Crippen LogP contribution in [0.5, 0.6) is 5.75 Å². The van der Waals surface area contributed by atoms with Crippen molar-refractivity contribution < 1.29 is 23.9 Å². The van der Waals surface area contributed by atoms with Crippen molar-refractivity contribution in [3.8, 4) is 5.75 Å². The van der Waals surface area contributed by atoms with Crippen LogP contribution < -0.4 is 15.4 Å². The Morgan fingerprint density at radius 1 is 1.03 bits per heavy atom. The zero-order chi connectivity index (χ0) is 22.5. The van der Waals surface area contributed by atoms with Crippen molar-refractivity contribution in [1.82, 2.24) is 10.6 Å². The van der Waals surface area contributed by atoms with Gasteiger partial charge in [-0.05, 0) is 49.1 Å². The Morgan fingerprint density at radius 2 is 1.74 bits per heavy atom. The van der Waals surface area contributed by atoms with Crippen molar-refractivity contribution in [3.63, 3.8) is 0 Å². The van der Waals surface area contributed by atoms with E-state index in [4.69, 9.17) is 9.47 Å². The fourth-order valence-corrected chi connectivity index (χ4v) is 2.69. The third-order valence-corrected chi connectivity index (χ3v) is 4.41. The smallest absolute Gasteiger partial charge is 0.328 e. The van der Waals surface area contributed by atoms with Crippen molar-refractivity contribution >= 4 is 23.9 Å². The van der Waals surface area contributed by atoms with Crippen LogP contribution in [0.25, 0.3) is 6.08 Å². The second-order valence-corrected chi connectivity index (χ2v) is 6.88. The number of benzene rings is 2. The third-order valence-electron chi connectivity index (χ3n) is 4.41. The molecule has 0 bridgehead atoms. The summed E-state index contributed by atoms with van der Waals surface area (Å²) in [6.45, 7) is 1.61. The molecule has 7 heteroatoms. The van der Waals surface area contributed by atoms with E-state index in [0.29, 0.717) is 6.54 Å². The first-order valence-corrected chi connectivity index (χ1v) is 10.1. The number of esters is 1. The van der Waals surface area contributed by atoms with E-state index in [2.05, 4.69) is 10.6 Å². The molecule has 0 saturated carbocycles. The number of hydrogen-bond donors (Lipinski definition) is 2. The molecule has 0 saturated heterocycles. The highest BCUT2D eigenvalue weighted by molar-refractivity contribution is 5.94. The fourth-order valence-electron chi connectivity index (χ4n) is 2.69. The average molecular weight is 424 g/mol. The van der Waals surface area contributed by atoms with E-state index in [9.17, 15) is 14.4 Å². The average Bonchev–Trinajstić information content (AvgIpc) is 2.79. The molecule has 2 rings (SSSR count). The Morgan fingerprint density at radius 3 is 2.42 bits per heavy atom. The Labute approximate surface area is 182 Å². The van der Waals surface area contributed by atoms with Gasteiger partial charge in [0.1, 0.15) is 11.8 Å². The maximum atomic E-state index is 12.0. The molecule has 0 heterocycles. The molecule has 0 aliphatic heterocycles. The van der Waals surface area contributed by atoms with Crippen molar-refractivity contribution in [2.24, 2.45) is 0 Å². The summed E-state index contributed by atoms with van der Waals surface area (Å²) in [5, 5.41) is 5.22. The molecule has 2 aromatic carbocycles. The van der Waals surface area contributed by atoms with E-state index in [0.717, 1.165) is 24.2 Å². The molecule has 0 unspecified atom stereocenters. The van der Waals surface area contributed by atoms with E-state index in [-0.39, 0.29) is 12.5 Å². The number of carbonyl (C=O) groups is 3. The van der Waals surface area contributed by atoms with Gasteiger partial charge < -0.3 is 20.1 Å². The minimum absolute atomic E-state index is 0.376. The lowest BCUT2D eigenvalue weighted by Crippen LogP contribution is -2.40. The van der Waals surface area contributed by atoms with Crippen LogP contribution in [-0.2, 0) is 25.5 Å². The molecule has 0 spiro atoms. The molecule has 0 aromatic heterocycles. The van der Waals surface area contributed by atoms with Crippen LogP contribution in [0.3, 0.4) is 0 Å². The Balaban J connectivity index is 1.63. The van der Waals surface area contributed by atoms with Gasteiger partial charge in [-0.15, -0.1) is 0 Å². The summed E-state index contributed by atoms with van der Waals surface area (Å²) in [6.07, 6.45) is 4.59. The first kappa shape index (κ1) is 23.7. The monoisotopic (exact) mass is 424 g/mol. The van der Waals surface area contributed by atoms with Gasteiger partial charge >= 0.3 is 5.97 Å². The van der Waals surface area contributed by atoms with Crippen molar-refractivity contribution in [3.05, 3.63) is 71.8 Å². The van der Waals surface area contributed by atoms with Crippen LogP contribution in [0.4, 0.5) is 0 Å². The number of ether oxygens (including phenoxy) is 2. The summed E-state index contributed by atoms with van der Waals surface area (Å²) < 4.78 is 10.0. The van der Waals surface area contributed by atoms with Gasteiger partial charge in [-0.1, -0.05) is 42.5 Å². The highest BCUT2D eigenvalue weighted by atomic mass is 16.5. The molecule has 2 N–H and O–H groups in total. The molecule has 164 valence electrons. The number of amides is 2. The summed E-state index contributed by atoms with van der Waals surface area (Å²) in [4.78, 5) is 35.8. The van der Waals surface area contributed by atoms with E-state index in [1.54, 1.807) is 37.5 Å². The summed E-state index contributed by atoms with van der Waals surface area (Å²) >= 11 is 0. The van der Waals surface area contributed by atoms with Crippen LogP contribution >= 0.6 is 0 Å². The number of carbonyl (C=O) groups excluding carboxylic acids is 3. The number of rotatable bonds is 11. The number of aryl methyl sites for hydroxylation is 1. The van der Waals surface area contributed by atoms with Crippen LogP contribution in [0.1, 0.15) is 24.5 Å². The van der Waals surface area contributed by atoms with E-state index in [1.165, 1.54) is 18.6 Å². The molecule has 2 amide bonds. The first-order chi connectivity index (χ1) is 15.0. The Bertz CT molecular complexity index is 879. The number of nitrogens with one attached hydrogen (secondary N) is 2. The van der Waals surface area contributed by atoms with Gasteiger partial charge in [0.25, 0.3) is 5.91 Å². The summed E-state index contributed by atoms with van der Waals surface area (Å²) in [6, 6.07) is 16.3. The largest absolute Gasteiger partial charge is 0.497 e. The quantitative estimate of drug-likeness (QED) is 0.328. The molecule has 0 aliphatic rings. The Kier molecular flexibility index (Phi) is 9.81. The van der Waals surface area contributed by atoms with Crippen molar-refractivity contribution in [2.75, 3.05) is 20.3 Å². The molecule has 7 nitrogen and oxygen atoms in total. The van der Waals surface area contributed by atoms with Gasteiger partial charge in [-0.2, -0.15) is 0 Å². The molecule has 31 heavy (non-hydrogen) atoms. The lowest BCUT2D eigenvalue weighted by Gasteiger charge is -2.12. The van der Waals surface area contributed by atoms with Gasteiger partial charge in [0.15, 0.2) is 6.61 Å². The predicted octanol–water partition coefficient (Wildman–Crippen LogP) is 2.51. The van der Waals surface area contributed by atoms with Crippen molar-refractivity contribution in [2.45, 2.75) is 25.8 Å². The SMILES string of the molecule is COc1ccc(C=CC(=O)N[C@@H](C)C(=O)OCC(=O)NCCCc2ccccc2)cc1. The van der Waals surface area contributed by atoms with E-state index in [1.807, 2.05) is 30.3 Å².